The summed E-state index contributed by atoms with van der Waals surface area (Å²) < 4.78 is 5.54. The van der Waals surface area contributed by atoms with Crippen LogP contribution in [0.3, 0.4) is 0 Å². The molecule has 0 bridgehead atoms. The highest BCUT2D eigenvalue weighted by molar-refractivity contribution is 5.97. The Labute approximate surface area is 187 Å². The summed E-state index contributed by atoms with van der Waals surface area (Å²) in [5.74, 6) is 1.89. The monoisotopic (exact) mass is 442 g/mol. The number of hydrogen-bond acceptors (Lipinski definition) is 5. The highest BCUT2D eigenvalue weighted by Crippen LogP contribution is 2.31. The third kappa shape index (κ3) is 4.58. The Kier molecular flexibility index (Phi) is 7.33. The lowest BCUT2D eigenvalue weighted by Crippen LogP contribution is -2.50. The molecule has 3 heterocycles. The van der Waals surface area contributed by atoms with Crippen molar-refractivity contribution in [1.29, 1.82) is 0 Å². The highest BCUT2D eigenvalue weighted by atomic mass is 35.5. The molecule has 1 fully saturated rings. The van der Waals surface area contributed by atoms with Gasteiger partial charge >= 0.3 is 0 Å². The number of aromatic nitrogens is 1. The fourth-order valence-corrected chi connectivity index (χ4v) is 4.18. The van der Waals surface area contributed by atoms with E-state index in [1.54, 1.807) is 0 Å². The van der Waals surface area contributed by atoms with Crippen LogP contribution >= 0.6 is 12.4 Å². The molecule has 0 saturated carbocycles. The minimum atomic E-state index is 0. The second-order valence-electron chi connectivity index (χ2n) is 7.49. The van der Waals surface area contributed by atoms with E-state index in [0.29, 0.717) is 6.54 Å². The standard InChI is InChI=1S/C23H24N4O2.ClH.H2O/c28-22-17-29-21-8-4-3-7-20(21)27(22)16-13-25-11-14-26(15-12-25)23-19-6-2-1-5-18(19)9-10-24-23;;/h1-10H,11-17H2;1H;1H2. The third-order valence-corrected chi connectivity index (χ3v) is 5.77. The van der Waals surface area contributed by atoms with E-state index in [0.717, 1.165) is 50.0 Å². The summed E-state index contributed by atoms with van der Waals surface area (Å²) in [5.41, 5.74) is 0.877. The molecule has 7 nitrogen and oxygen atoms in total. The number of halogens is 1. The number of pyridine rings is 1. The molecular formula is C23H27ClN4O3. The number of nitrogens with zero attached hydrogens (tertiary/aromatic N) is 4. The van der Waals surface area contributed by atoms with Crippen LogP contribution < -0.4 is 14.5 Å². The molecule has 2 aliphatic rings. The van der Waals surface area contributed by atoms with Crippen molar-refractivity contribution in [3.05, 3.63) is 60.8 Å². The zero-order valence-electron chi connectivity index (χ0n) is 17.2. The number of carbonyl (C=O) groups excluding carboxylic acids is 1. The summed E-state index contributed by atoms with van der Waals surface area (Å²) in [6.45, 7) is 5.47. The smallest absolute Gasteiger partial charge is 0.265 e. The number of piperazine rings is 1. The second kappa shape index (κ2) is 9.96. The number of ether oxygens (including phenoxy) is 1. The van der Waals surface area contributed by atoms with Crippen LogP contribution in [0.2, 0.25) is 0 Å². The summed E-state index contributed by atoms with van der Waals surface area (Å²) >= 11 is 0. The van der Waals surface area contributed by atoms with Gasteiger partial charge in [-0.1, -0.05) is 36.4 Å². The molecule has 0 radical (unpaired) electrons. The van der Waals surface area contributed by atoms with E-state index >= 15 is 0 Å². The van der Waals surface area contributed by atoms with Crippen LogP contribution in [0.5, 0.6) is 5.75 Å². The highest BCUT2D eigenvalue weighted by Gasteiger charge is 2.26. The maximum absolute atomic E-state index is 12.4. The second-order valence-corrected chi connectivity index (χ2v) is 7.49. The SMILES string of the molecule is Cl.O.O=C1COc2ccccc2N1CCN1CCN(c2nccc3ccccc23)CC1. The Morgan fingerprint density at radius 1 is 0.903 bits per heavy atom. The van der Waals surface area contributed by atoms with Crippen LogP contribution in [-0.4, -0.2) is 67.1 Å². The first-order chi connectivity index (χ1) is 14.3. The van der Waals surface area contributed by atoms with Gasteiger partial charge in [0.05, 0.1) is 5.69 Å². The predicted molar refractivity (Wildman–Crippen MR) is 126 cm³/mol. The Morgan fingerprint density at radius 2 is 1.65 bits per heavy atom. The van der Waals surface area contributed by atoms with Crippen LogP contribution in [0, 0.1) is 0 Å². The number of anilines is 2. The molecule has 31 heavy (non-hydrogen) atoms. The van der Waals surface area contributed by atoms with Crippen molar-refractivity contribution in [2.75, 3.05) is 55.7 Å². The van der Waals surface area contributed by atoms with Crippen LogP contribution in [-0.2, 0) is 4.79 Å². The maximum Gasteiger partial charge on any atom is 0.265 e. The zero-order valence-corrected chi connectivity index (χ0v) is 18.1. The van der Waals surface area contributed by atoms with E-state index in [9.17, 15) is 4.79 Å². The third-order valence-electron chi connectivity index (χ3n) is 5.77. The average Bonchev–Trinajstić information content (AvgIpc) is 2.78. The Hall–Kier alpha value is -2.87. The van der Waals surface area contributed by atoms with E-state index in [2.05, 4.69) is 45.1 Å². The van der Waals surface area contributed by atoms with Crippen LogP contribution in [0.4, 0.5) is 11.5 Å². The fraction of sp³-hybridized carbons (Fsp3) is 0.304. The maximum atomic E-state index is 12.4. The summed E-state index contributed by atoms with van der Waals surface area (Å²) in [6.07, 6.45) is 1.89. The van der Waals surface area contributed by atoms with Gasteiger partial charge in [0.15, 0.2) is 6.61 Å². The molecule has 5 rings (SSSR count). The molecule has 1 amide bonds. The number of amides is 1. The molecule has 3 aromatic rings. The van der Waals surface area contributed by atoms with E-state index in [1.165, 1.54) is 10.8 Å². The van der Waals surface area contributed by atoms with Crippen LogP contribution in [0.1, 0.15) is 0 Å². The van der Waals surface area contributed by atoms with Crippen molar-refractivity contribution < 1.29 is 15.0 Å². The summed E-state index contributed by atoms with van der Waals surface area (Å²) in [6, 6.07) is 18.2. The molecule has 0 aliphatic carbocycles. The first-order valence-corrected chi connectivity index (χ1v) is 10.1. The van der Waals surface area contributed by atoms with E-state index < -0.39 is 0 Å². The number of fused-ring (bicyclic) bond motifs is 2. The average molecular weight is 443 g/mol. The van der Waals surface area contributed by atoms with Gasteiger partial charge in [-0.3, -0.25) is 9.69 Å². The van der Waals surface area contributed by atoms with Gasteiger partial charge in [-0.2, -0.15) is 0 Å². The largest absolute Gasteiger partial charge is 0.482 e. The number of hydrogen-bond donors (Lipinski definition) is 0. The summed E-state index contributed by atoms with van der Waals surface area (Å²) in [5, 5.41) is 2.43. The lowest BCUT2D eigenvalue weighted by Gasteiger charge is -2.37. The number of carbonyl (C=O) groups is 1. The number of rotatable bonds is 4. The minimum Gasteiger partial charge on any atom is -0.482 e. The Morgan fingerprint density at radius 3 is 2.48 bits per heavy atom. The first-order valence-electron chi connectivity index (χ1n) is 10.1. The Balaban J connectivity index is 0.00000136. The lowest BCUT2D eigenvalue weighted by atomic mass is 10.1. The van der Waals surface area contributed by atoms with Crippen molar-refractivity contribution in [2.45, 2.75) is 0 Å². The van der Waals surface area contributed by atoms with E-state index in [1.807, 2.05) is 35.4 Å². The lowest BCUT2D eigenvalue weighted by molar-refractivity contribution is -0.121. The van der Waals surface area contributed by atoms with Crippen molar-refractivity contribution in [2.24, 2.45) is 0 Å². The molecule has 1 saturated heterocycles. The molecule has 2 N–H and O–H groups in total. The molecule has 2 aromatic carbocycles. The topological polar surface area (TPSA) is 80.4 Å². The van der Waals surface area contributed by atoms with Gasteiger partial charge in [0.25, 0.3) is 5.91 Å². The summed E-state index contributed by atoms with van der Waals surface area (Å²) in [7, 11) is 0. The Bertz CT molecular complexity index is 1030. The molecule has 8 heteroatoms. The molecule has 164 valence electrons. The fourth-order valence-electron chi connectivity index (χ4n) is 4.18. The van der Waals surface area contributed by atoms with Crippen LogP contribution in [0.15, 0.2) is 60.8 Å². The zero-order chi connectivity index (χ0) is 19.6. The van der Waals surface area contributed by atoms with E-state index in [-0.39, 0.29) is 30.4 Å². The molecule has 0 spiro atoms. The van der Waals surface area contributed by atoms with Gasteiger partial charge in [0.1, 0.15) is 11.6 Å². The van der Waals surface area contributed by atoms with Crippen molar-refractivity contribution in [1.82, 2.24) is 9.88 Å². The van der Waals surface area contributed by atoms with E-state index in [4.69, 9.17) is 4.74 Å². The van der Waals surface area contributed by atoms with Crippen molar-refractivity contribution in [3.8, 4) is 5.75 Å². The molecular weight excluding hydrogens is 416 g/mol. The van der Waals surface area contributed by atoms with Gasteiger partial charge < -0.3 is 20.0 Å². The van der Waals surface area contributed by atoms with Crippen LogP contribution in [0.25, 0.3) is 10.8 Å². The van der Waals surface area contributed by atoms with Crippen molar-refractivity contribution in [3.63, 3.8) is 0 Å². The van der Waals surface area contributed by atoms with Crippen molar-refractivity contribution >= 4 is 40.6 Å². The quantitative estimate of drug-likeness (QED) is 0.619. The van der Waals surface area contributed by atoms with Gasteiger partial charge in [-0.15, -0.1) is 12.4 Å². The minimum absolute atomic E-state index is 0. The first kappa shape index (κ1) is 22.8. The molecule has 2 aliphatic heterocycles. The van der Waals surface area contributed by atoms with Gasteiger partial charge in [0, 0.05) is 50.9 Å². The predicted octanol–water partition coefficient (Wildman–Crippen LogP) is 2.38. The molecule has 0 atom stereocenters. The van der Waals surface area contributed by atoms with Gasteiger partial charge in [-0.25, -0.2) is 4.98 Å². The number of benzene rings is 2. The number of para-hydroxylation sites is 2. The molecule has 1 aromatic heterocycles. The summed E-state index contributed by atoms with van der Waals surface area (Å²) in [4.78, 5) is 23.7. The van der Waals surface area contributed by atoms with Gasteiger partial charge in [0.2, 0.25) is 0 Å². The normalized spacial score (nSPS) is 16.2. The van der Waals surface area contributed by atoms with Gasteiger partial charge in [-0.05, 0) is 23.6 Å². The molecule has 0 unspecified atom stereocenters.